The molecule has 142 valence electrons. The molecule has 0 unspecified atom stereocenters. The number of phenolic OH excluding ortho intramolecular Hbond substituents is 1. The normalized spacial score (nSPS) is 13.8. The number of carbonyl (C=O) groups excluding carboxylic acids is 1. The topological polar surface area (TPSA) is 83.4 Å². The molecule has 1 heterocycles. The average Bonchev–Trinajstić information content (AvgIpc) is 3.22. The highest BCUT2D eigenvalue weighted by molar-refractivity contribution is 5.95. The van der Waals surface area contributed by atoms with Crippen LogP contribution in [0.3, 0.4) is 0 Å². The molecule has 2 N–H and O–H groups in total. The molecular formula is C20H23N3O4. The maximum atomic E-state index is 12.1. The number of benzene rings is 2. The molecule has 0 aliphatic carbocycles. The molecule has 0 radical (unpaired) electrons. The van der Waals surface area contributed by atoms with Crippen molar-refractivity contribution in [2.45, 2.75) is 12.8 Å². The summed E-state index contributed by atoms with van der Waals surface area (Å²) in [7, 11) is 3.23. The van der Waals surface area contributed by atoms with E-state index in [4.69, 9.17) is 9.47 Å². The Morgan fingerprint density at radius 1 is 1.11 bits per heavy atom. The molecule has 1 fully saturated rings. The van der Waals surface area contributed by atoms with Crippen molar-refractivity contribution >= 4 is 17.8 Å². The van der Waals surface area contributed by atoms with Crippen LogP contribution in [0.25, 0.3) is 0 Å². The van der Waals surface area contributed by atoms with Gasteiger partial charge in [0.15, 0.2) is 0 Å². The minimum atomic E-state index is -0.370. The number of nitrogens with zero attached hydrogens (tertiary/aromatic N) is 2. The number of aromatic hydroxyl groups is 1. The fraction of sp³-hybridized carbons (Fsp3) is 0.300. The molecule has 0 spiro atoms. The fourth-order valence-electron chi connectivity index (χ4n) is 3.05. The number of ether oxygens (including phenoxy) is 2. The van der Waals surface area contributed by atoms with E-state index in [0.717, 1.165) is 37.4 Å². The number of methoxy groups -OCH3 is 2. The first-order valence-corrected chi connectivity index (χ1v) is 8.76. The van der Waals surface area contributed by atoms with Crippen LogP contribution >= 0.6 is 0 Å². The van der Waals surface area contributed by atoms with Crippen molar-refractivity contribution < 1.29 is 19.4 Å². The van der Waals surface area contributed by atoms with Gasteiger partial charge in [0.1, 0.15) is 17.2 Å². The molecule has 0 bridgehead atoms. The van der Waals surface area contributed by atoms with Crippen molar-refractivity contribution in [3.05, 3.63) is 47.5 Å². The molecule has 0 aromatic heterocycles. The lowest BCUT2D eigenvalue weighted by Gasteiger charge is -2.22. The van der Waals surface area contributed by atoms with Crippen molar-refractivity contribution in [2.24, 2.45) is 5.10 Å². The van der Waals surface area contributed by atoms with Gasteiger partial charge in [-0.1, -0.05) is 0 Å². The summed E-state index contributed by atoms with van der Waals surface area (Å²) in [6.45, 7) is 1.99. The predicted molar refractivity (Wildman–Crippen MR) is 104 cm³/mol. The van der Waals surface area contributed by atoms with Gasteiger partial charge in [-0.15, -0.1) is 0 Å². The summed E-state index contributed by atoms with van der Waals surface area (Å²) in [5, 5.41) is 13.3. The molecule has 0 atom stereocenters. The SMILES string of the molecule is COc1cc(N2CCCC2)c(OC)cc1/C=N\NC(=O)c1ccc(O)cc1. The number of carbonyl (C=O) groups is 1. The van der Waals surface area contributed by atoms with Crippen molar-refractivity contribution in [3.8, 4) is 17.2 Å². The molecule has 7 heteroatoms. The maximum Gasteiger partial charge on any atom is 0.271 e. The Balaban J connectivity index is 1.77. The molecule has 27 heavy (non-hydrogen) atoms. The second kappa shape index (κ2) is 8.44. The van der Waals surface area contributed by atoms with Gasteiger partial charge in [-0.05, 0) is 43.2 Å². The molecule has 2 aromatic rings. The van der Waals surface area contributed by atoms with Gasteiger partial charge >= 0.3 is 0 Å². The molecule has 1 saturated heterocycles. The molecule has 0 saturated carbocycles. The highest BCUT2D eigenvalue weighted by atomic mass is 16.5. The van der Waals surface area contributed by atoms with Crippen LogP contribution in [0.5, 0.6) is 17.2 Å². The van der Waals surface area contributed by atoms with Crippen LogP contribution in [-0.2, 0) is 0 Å². The van der Waals surface area contributed by atoms with E-state index in [-0.39, 0.29) is 11.7 Å². The first-order valence-electron chi connectivity index (χ1n) is 8.76. The first kappa shape index (κ1) is 18.6. The molecule has 7 nitrogen and oxygen atoms in total. The van der Waals surface area contributed by atoms with Gasteiger partial charge in [0.2, 0.25) is 0 Å². The number of anilines is 1. The number of nitrogens with one attached hydrogen (secondary N) is 1. The molecule has 1 aliphatic rings. The molecule has 2 aromatic carbocycles. The molecular weight excluding hydrogens is 346 g/mol. The van der Waals surface area contributed by atoms with Crippen molar-refractivity contribution in [1.29, 1.82) is 0 Å². The van der Waals surface area contributed by atoms with Crippen LogP contribution in [0.15, 0.2) is 41.5 Å². The van der Waals surface area contributed by atoms with Crippen LogP contribution in [-0.4, -0.2) is 44.5 Å². The van der Waals surface area contributed by atoms with Crippen LogP contribution in [0, 0.1) is 0 Å². The minimum Gasteiger partial charge on any atom is -0.508 e. The van der Waals surface area contributed by atoms with E-state index in [0.29, 0.717) is 16.9 Å². The zero-order valence-electron chi connectivity index (χ0n) is 15.4. The molecule has 3 rings (SSSR count). The number of hydrogen-bond donors (Lipinski definition) is 2. The zero-order chi connectivity index (χ0) is 19.2. The second-order valence-corrected chi connectivity index (χ2v) is 6.21. The Hall–Kier alpha value is -3.22. The Morgan fingerprint density at radius 2 is 1.78 bits per heavy atom. The summed E-state index contributed by atoms with van der Waals surface area (Å²) in [6, 6.07) is 9.73. The van der Waals surface area contributed by atoms with Crippen LogP contribution in [0.2, 0.25) is 0 Å². The lowest BCUT2D eigenvalue weighted by molar-refractivity contribution is 0.0955. The monoisotopic (exact) mass is 369 g/mol. The Labute approximate surface area is 158 Å². The predicted octanol–water partition coefficient (Wildman–Crippen LogP) is 2.77. The van der Waals surface area contributed by atoms with Gasteiger partial charge in [0.05, 0.1) is 26.1 Å². The highest BCUT2D eigenvalue weighted by Gasteiger charge is 2.19. The van der Waals surface area contributed by atoms with Gasteiger partial charge in [-0.3, -0.25) is 4.79 Å². The summed E-state index contributed by atoms with van der Waals surface area (Å²) in [4.78, 5) is 14.4. The summed E-state index contributed by atoms with van der Waals surface area (Å²) >= 11 is 0. The third kappa shape index (κ3) is 4.31. The summed E-state index contributed by atoms with van der Waals surface area (Å²) < 4.78 is 11.0. The third-order valence-corrected chi connectivity index (χ3v) is 4.48. The third-order valence-electron chi connectivity index (χ3n) is 4.48. The molecule has 1 aliphatic heterocycles. The van der Waals surface area contributed by atoms with Crippen molar-refractivity contribution in [2.75, 3.05) is 32.2 Å². The summed E-state index contributed by atoms with van der Waals surface area (Å²) in [6.07, 6.45) is 3.85. The molecule has 1 amide bonds. The van der Waals surface area contributed by atoms with E-state index in [1.807, 2.05) is 12.1 Å². The smallest absolute Gasteiger partial charge is 0.271 e. The lowest BCUT2D eigenvalue weighted by Crippen LogP contribution is -2.19. The van der Waals surface area contributed by atoms with Gasteiger partial charge in [0, 0.05) is 30.3 Å². The van der Waals surface area contributed by atoms with Crippen LogP contribution in [0.1, 0.15) is 28.8 Å². The summed E-state index contributed by atoms with van der Waals surface area (Å²) in [5.41, 5.74) is 4.56. The van der Waals surface area contributed by atoms with Crippen molar-refractivity contribution in [1.82, 2.24) is 5.43 Å². The number of hydrogen-bond acceptors (Lipinski definition) is 6. The van der Waals surface area contributed by atoms with Crippen LogP contribution < -0.4 is 19.8 Å². The largest absolute Gasteiger partial charge is 0.508 e. The number of rotatable bonds is 6. The van der Waals surface area contributed by atoms with E-state index in [1.165, 1.54) is 30.5 Å². The quantitative estimate of drug-likeness (QED) is 0.604. The minimum absolute atomic E-state index is 0.102. The van der Waals surface area contributed by atoms with E-state index < -0.39 is 0 Å². The van der Waals surface area contributed by atoms with Gasteiger partial charge < -0.3 is 19.5 Å². The number of hydrazone groups is 1. The van der Waals surface area contributed by atoms with Crippen LogP contribution in [0.4, 0.5) is 5.69 Å². The highest BCUT2D eigenvalue weighted by Crippen LogP contribution is 2.36. The lowest BCUT2D eigenvalue weighted by atomic mass is 10.1. The Bertz CT molecular complexity index is 828. The standard InChI is InChI=1S/C20H23N3O4/c1-26-18-12-17(23-9-3-4-10-23)19(27-2)11-15(18)13-21-22-20(25)14-5-7-16(24)8-6-14/h5-8,11-13,24H,3-4,9-10H2,1-2H3,(H,22,25)/b21-13-. The van der Waals surface area contributed by atoms with E-state index in [1.54, 1.807) is 14.2 Å². The Kier molecular flexibility index (Phi) is 5.80. The van der Waals surface area contributed by atoms with Crippen molar-refractivity contribution in [3.63, 3.8) is 0 Å². The van der Waals surface area contributed by atoms with E-state index >= 15 is 0 Å². The average molecular weight is 369 g/mol. The zero-order valence-corrected chi connectivity index (χ0v) is 15.4. The van der Waals surface area contributed by atoms with Gasteiger partial charge in [-0.25, -0.2) is 5.43 Å². The number of phenols is 1. The van der Waals surface area contributed by atoms with E-state index in [2.05, 4.69) is 15.4 Å². The van der Waals surface area contributed by atoms with E-state index in [9.17, 15) is 9.90 Å². The number of amides is 1. The second-order valence-electron chi connectivity index (χ2n) is 6.21. The van der Waals surface area contributed by atoms with Gasteiger partial charge in [0.25, 0.3) is 5.91 Å². The Morgan fingerprint density at radius 3 is 2.41 bits per heavy atom. The fourth-order valence-corrected chi connectivity index (χ4v) is 3.05. The maximum absolute atomic E-state index is 12.1. The first-order chi connectivity index (χ1) is 13.1. The summed E-state index contributed by atoms with van der Waals surface area (Å²) in [5.74, 6) is 1.13. The van der Waals surface area contributed by atoms with Gasteiger partial charge in [-0.2, -0.15) is 5.10 Å².